The van der Waals surface area contributed by atoms with Crippen molar-refractivity contribution >= 4 is 27.9 Å². The van der Waals surface area contributed by atoms with Gasteiger partial charge in [-0.3, -0.25) is 4.79 Å². The minimum absolute atomic E-state index is 0.0817. The quantitative estimate of drug-likeness (QED) is 0.268. The van der Waals surface area contributed by atoms with Crippen LogP contribution in [0.1, 0.15) is 42.0 Å². The Balaban J connectivity index is 2.06. The summed E-state index contributed by atoms with van der Waals surface area (Å²) in [6.45, 7) is 2.84. The highest BCUT2D eigenvalue weighted by atomic mass is 16.5. The zero-order valence-electron chi connectivity index (χ0n) is 19.2. The van der Waals surface area contributed by atoms with E-state index in [1.165, 1.54) is 12.1 Å². The Labute approximate surface area is 198 Å². The number of benzene rings is 2. The predicted octanol–water partition coefficient (Wildman–Crippen LogP) is 3.10. The Kier molecular flexibility index (Phi) is 6.61. The zero-order valence-corrected chi connectivity index (χ0v) is 19.2. The van der Waals surface area contributed by atoms with Gasteiger partial charge in [-0.05, 0) is 48.2 Å². The van der Waals surface area contributed by atoms with Crippen LogP contribution in [0.25, 0.3) is 21.9 Å². The van der Waals surface area contributed by atoms with Crippen LogP contribution < -0.4 is 11.3 Å². The third-order valence-corrected chi connectivity index (χ3v) is 5.92. The van der Waals surface area contributed by atoms with Crippen molar-refractivity contribution in [2.75, 3.05) is 13.2 Å². The van der Waals surface area contributed by atoms with Crippen molar-refractivity contribution in [3.05, 3.63) is 79.5 Å². The van der Waals surface area contributed by atoms with Crippen LogP contribution in [-0.4, -0.2) is 34.5 Å². The normalized spacial score (nSPS) is 11.4. The number of aliphatic hydroxyl groups is 1. The number of hydrogen-bond donors (Lipinski definition) is 3. The molecule has 0 unspecified atom stereocenters. The first-order valence-electron chi connectivity index (χ1n) is 11.1. The maximum Gasteiger partial charge on any atom is 0.344 e. The summed E-state index contributed by atoms with van der Waals surface area (Å²) in [5.74, 6) is -4.20. The van der Waals surface area contributed by atoms with E-state index in [-0.39, 0.29) is 21.9 Å². The van der Waals surface area contributed by atoms with Crippen LogP contribution in [-0.2, 0) is 22.4 Å². The first kappa shape index (κ1) is 24.0. The van der Waals surface area contributed by atoms with Gasteiger partial charge in [0.2, 0.25) is 0 Å². The van der Waals surface area contributed by atoms with Gasteiger partial charge in [-0.15, -0.1) is 0 Å². The molecule has 0 saturated carbocycles. The Bertz CT molecular complexity index is 1440. The van der Waals surface area contributed by atoms with Crippen LogP contribution in [0.4, 0.5) is 0 Å². The number of aromatic hydroxyl groups is 2. The van der Waals surface area contributed by atoms with E-state index in [0.717, 1.165) is 11.1 Å². The minimum Gasteiger partial charge on any atom is -0.507 e. The second-order valence-corrected chi connectivity index (χ2v) is 8.00. The van der Waals surface area contributed by atoms with Gasteiger partial charge in [0.15, 0.2) is 0 Å². The molecule has 0 saturated heterocycles. The molecule has 0 fully saturated rings. The van der Waals surface area contributed by atoms with E-state index in [0.29, 0.717) is 12.8 Å². The SMILES string of the molecule is CCc1ccc2oc(=O)c(C(C(=O)OCCO)c3c(O)c4cc(CC)ccc4oc3=O)c(O)c2c1. The van der Waals surface area contributed by atoms with Gasteiger partial charge in [0, 0.05) is 0 Å². The summed E-state index contributed by atoms with van der Waals surface area (Å²) in [7, 11) is 0. The molecule has 4 aromatic rings. The molecular formula is C26H24O9. The highest BCUT2D eigenvalue weighted by Crippen LogP contribution is 2.39. The molecule has 0 atom stereocenters. The first-order chi connectivity index (χ1) is 16.8. The number of carbonyl (C=O) groups is 1. The number of ether oxygens (including phenoxy) is 1. The van der Waals surface area contributed by atoms with Crippen LogP contribution >= 0.6 is 0 Å². The number of hydrogen-bond acceptors (Lipinski definition) is 9. The fraction of sp³-hybridized carbons (Fsp3) is 0.269. The van der Waals surface area contributed by atoms with Gasteiger partial charge in [0.25, 0.3) is 0 Å². The second kappa shape index (κ2) is 9.63. The summed E-state index contributed by atoms with van der Waals surface area (Å²) in [6.07, 6.45) is 1.25. The molecule has 35 heavy (non-hydrogen) atoms. The number of fused-ring (bicyclic) bond motifs is 2. The van der Waals surface area contributed by atoms with Gasteiger partial charge in [-0.1, -0.05) is 26.0 Å². The molecule has 2 aromatic carbocycles. The van der Waals surface area contributed by atoms with Crippen molar-refractivity contribution in [2.45, 2.75) is 32.6 Å². The highest BCUT2D eigenvalue weighted by molar-refractivity contribution is 5.92. The number of rotatable bonds is 7. The molecule has 3 N–H and O–H groups in total. The van der Waals surface area contributed by atoms with E-state index < -0.39 is 59.0 Å². The molecule has 182 valence electrons. The number of esters is 1. The summed E-state index contributed by atoms with van der Waals surface area (Å²) in [5, 5.41) is 31.6. The molecule has 0 aliphatic rings. The largest absolute Gasteiger partial charge is 0.507 e. The van der Waals surface area contributed by atoms with Crippen molar-refractivity contribution < 1.29 is 33.7 Å². The highest BCUT2D eigenvalue weighted by Gasteiger charge is 2.37. The van der Waals surface area contributed by atoms with Crippen LogP contribution in [0, 0.1) is 0 Å². The molecule has 0 amide bonds. The van der Waals surface area contributed by atoms with Crippen LogP contribution in [0.2, 0.25) is 0 Å². The lowest BCUT2D eigenvalue weighted by molar-refractivity contribution is -0.145. The predicted molar refractivity (Wildman–Crippen MR) is 127 cm³/mol. The smallest absolute Gasteiger partial charge is 0.344 e. The van der Waals surface area contributed by atoms with Gasteiger partial charge in [-0.2, -0.15) is 0 Å². The average Bonchev–Trinajstić information content (AvgIpc) is 2.85. The Morgan fingerprint density at radius 2 is 1.31 bits per heavy atom. The molecule has 2 heterocycles. The van der Waals surface area contributed by atoms with Crippen molar-refractivity contribution in [3.8, 4) is 11.5 Å². The molecular weight excluding hydrogens is 456 g/mol. The third kappa shape index (κ3) is 4.26. The fourth-order valence-corrected chi connectivity index (χ4v) is 4.05. The minimum atomic E-state index is -1.88. The van der Waals surface area contributed by atoms with Crippen molar-refractivity contribution in [3.63, 3.8) is 0 Å². The number of aliphatic hydroxyl groups excluding tert-OH is 1. The standard InChI is InChI=1S/C26H24O9/c1-3-13-5-7-17-15(11-13)22(28)20(25(31)34-17)19(24(30)33-10-9-27)21-23(29)16-12-14(4-2)6-8-18(16)35-26(21)32/h5-8,11-12,19,27-29H,3-4,9-10H2,1-2H3. The molecule has 2 aromatic heterocycles. The van der Waals surface area contributed by atoms with Crippen LogP contribution in [0.15, 0.2) is 54.8 Å². The molecule has 0 spiro atoms. The molecule has 9 heteroatoms. The number of carbonyl (C=O) groups excluding carboxylic acids is 1. The van der Waals surface area contributed by atoms with E-state index in [1.54, 1.807) is 24.3 Å². The third-order valence-electron chi connectivity index (χ3n) is 5.92. The van der Waals surface area contributed by atoms with Crippen LogP contribution in [0.3, 0.4) is 0 Å². The lowest BCUT2D eigenvalue weighted by atomic mass is 9.90. The average molecular weight is 480 g/mol. The summed E-state index contributed by atoms with van der Waals surface area (Å²) in [4.78, 5) is 39.1. The lowest BCUT2D eigenvalue weighted by Gasteiger charge is -2.18. The van der Waals surface area contributed by atoms with Gasteiger partial charge >= 0.3 is 17.2 Å². The van der Waals surface area contributed by atoms with Crippen molar-refractivity contribution in [2.24, 2.45) is 0 Å². The Morgan fingerprint density at radius 1 is 0.857 bits per heavy atom. The number of aryl methyl sites for hydroxylation is 2. The van der Waals surface area contributed by atoms with Gasteiger partial charge in [-0.25, -0.2) is 9.59 Å². The first-order valence-corrected chi connectivity index (χ1v) is 11.1. The summed E-state index contributed by atoms with van der Waals surface area (Å²) in [6, 6.07) is 9.70. The Morgan fingerprint density at radius 3 is 1.71 bits per heavy atom. The molecule has 0 radical (unpaired) electrons. The summed E-state index contributed by atoms with van der Waals surface area (Å²) in [5.41, 5.74) is -1.53. The summed E-state index contributed by atoms with van der Waals surface area (Å²) >= 11 is 0. The van der Waals surface area contributed by atoms with E-state index in [4.69, 9.17) is 18.7 Å². The Hall–Kier alpha value is -4.11. The maximum atomic E-state index is 13.1. The van der Waals surface area contributed by atoms with E-state index in [2.05, 4.69) is 0 Å². The molecule has 0 aliphatic heterocycles. The molecule has 9 nitrogen and oxygen atoms in total. The van der Waals surface area contributed by atoms with Crippen molar-refractivity contribution in [1.29, 1.82) is 0 Å². The monoisotopic (exact) mass is 480 g/mol. The molecule has 0 bridgehead atoms. The van der Waals surface area contributed by atoms with Crippen molar-refractivity contribution in [1.82, 2.24) is 0 Å². The maximum absolute atomic E-state index is 13.1. The summed E-state index contributed by atoms with van der Waals surface area (Å²) < 4.78 is 15.7. The van der Waals surface area contributed by atoms with Gasteiger partial charge < -0.3 is 28.9 Å². The fourth-order valence-electron chi connectivity index (χ4n) is 4.05. The molecule has 4 rings (SSSR count). The van der Waals surface area contributed by atoms with Crippen LogP contribution in [0.5, 0.6) is 11.5 Å². The van der Waals surface area contributed by atoms with Gasteiger partial charge in [0.05, 0.1) is 28.5 Å². The zero-order chi connectivity index (χ0) is 25.3. The van der Waals surface area contributed by atoms with Gasteiger partial charge in [0.1, 0.15) is 35.2 Å². The molecule has 0 aliphatic carbocycles. The second-order valence-electron chi connectivity index (χ2n) is 8.00. The van der Waals surface area contributed by atoms with E-state index in [1.807, 2.05) is 13.8 Å². The van der Waals surface area contributed by atoms with E-state index >= 15 is 0 Å². The lowest BCUT2D eigenvalue weighted by Crippen LogP contribution is -2.28. The topological polar surface area (TPSA) is 147 Å². The van der Waals surface area contributed by atoms with E-state index in [9.17, 15) is 24.6 Å².